The minimum atomic E-state index is -1.13. The molecule has 0 aliphatic rings. The Morgan fingerprint density at radius 3 is 2.40 bits per heavy atom. The maximum absolute atomic E-state index is 12.0. The number of amides is 1. The van der Waals surface area contributed by atoms with Crippen LogP contribution in [0.3, 0.4) is 0 Å². The second-order valence-electron chi connectivity index (χ2n) is 3.81. The highest BCUT2D eigenvalue weighted by atomic mass is 35.5. The standard InChI is InChI=1S/C13H14ClNO5/c1-19-11(16)7-10(13(18)20-2)15-12(17)8-5-3-4-6-9(8)14/h3-6,10H,7H2,1-2H3,(H,15,17)/t10-/m0/s1. The van der Waals surface area contributed by atoms with Gasteiger partial charge in [0.25, 0.3) is 5.91 Å². The zero-order chi connectivity index (χ0) is 15.1. The maximum atomic E-state index is 12.0. The van der Waals surface area contributed by atoms with E-state index in [1.807, 2.05) is 0 Å². The van der Waals surface area contributed by atoms with Crippen LogP contribution in [0.5, 0.6) is 0 Å². The number of hydrogen-bond donors (Lipinski definition) is 1. The van der Waals surface area contributed by atoms with Crippen LogP contribution in [0.2, 0.25) is 5.02 Å². The second-order valence-corrected chi connectivity index (χ2v) is 4.22. The molecule has 0 unspecified atom stereocenters. The molecule has 1 aromatic carbocycles. The lowest BCUT2D eigenvalue weighted by Crippen LogP contribution is -2.43. The minimum Gasteiger partial charge on any atom is -0.469 e. The van der Waals surface area contributed by atoms with Crippen molar-refractivity contribution in [1.82, 2.24) is 5.32 Å². The van der Waals surface area contributed by atoms with Gasteiger partial charge in [0.15, 0.2) is 0 Å². The Morgan fingerprint density at radius 2 is 1.85 bits per heavy atom. The Labute approximate surface area is 121 Å². The lowest BCUT2D eigenvalue weighted by Gasteiger charge is -2.15. The van der Waals surface area contributed by atoms with Crippen molar-refractivity contribution in [3.63, 3.8) is 0 Å². The number of rotatable bonds is 5. The molecule has 0 heterocycles. The molecule has 0 bridgehead atoms. The largest absolute Gasteiger partial charge is 0.469 e. The second kappa shape index (κ2) is 7.49. The van der Waals surface area contributed by atoms with Crippen molar-refractivity contribution in [2.24, 2.45) is 0 Å². The van der Waals surface area contributed by atoms with Crippen LogP contribution in [0.15, 0.2) is 24.3 Å². The summed E-state index contributed by atoms with van der Waals surface area (Å²) in [5.41, 5.74) is 0.202. The molecule has 0 aromatic heterocycles. The number of hydrogen-bond acceptors (Lipinski definition) is 5. The molecule has 0 aliphatic carbocycles. The van der Waals surface area contributed by atoms with E-state index in [0.29, 0.717) is 0 Å². The van der Waals surface area contributed by atoms with Gasteiger partial charge in [-0.05, 0) is 12.1 Å². The maximum Gasteiger partial charge on any atom is 0.328 e. The molecule has 0 saturated heterocycles. The van der Waals surface area contributed by atoms with E-state index in [0.717, 1.165) is 7.11 Å². The highest BCUT2D eigenvalue weighted by Crippen LogP contribution is 2.15. The summed E-state index contributed by atoms with van der Waals surface area (Å²) < 4.78 is 8.99. The van der Waals surface area contributed by atoms with Crippen LogP contribution in [-0.2, 0) is 19.1 Å². The van der Waals surface area contributed by atoms with Crippen LogP contribution in [-0.4, -0.2) is 38.1 Å². The first-order valence-corrected chi connectivity index (χ1v) is 6.07. The van der Waals surface area contributed by atoms with Gasteiger partial charge >= 0.3 is 11.9 Å². The van der Waals surface area contributed by atoms with Gasteiger partial charge < -0.3 is 14.8 Å². The van der Waals surface area contributed by atoms with Crippen LogP contribution in [0.4, 0.5) is 0 Å². The van der Waals surface area contributed by atoms with Gasteiger partial charge in [-0.25, -0.2) is 4.79 Å². The highest BCUT2D eigenvalue weighted by Gasteiger charge is 2.26. The molecular formula is C13H14ClNO5. The van der Waals surface area contributed by atoms with E-state index < -0.39 is 23.9 Å². The Bertz CT molecular complexity index is 517. The van der Waals surface area contributed by atoms with E-state index >= 15 is 0 Å². The SMILES string of the molecule is COC(=O)C[C@H](NC(=O)c1ccccc1Cl)C(=O)OC. The zero-order valence-electron chi connectivity index (χ0n) is 11.0. The number of nitrogens with one attached hydrogen (secondary N) is 1. The van der Waals surface area contributed by atoms with Crippen molar-refractivity contribution in [2.45, 2.75) is 12.5 Å². The van der Waals surface area contributed by atoms with Crippen molar-refractivity contribution in [3.8, 4) is 0 Å². The number of benzene rings is 1. The molecule has 1 rings (SSSR count). The first-order valence-electron chi connectivity index (χ1n) is 5.69. The van der Waals surface area contributed by atoms with Crippen LogP contribution < -0.4 is 5.32 Å². The van der Waals surface area contributed by atoms with Crippen molar-refractivity contribution < 1.29 is 23.9 Å². The molecular weight excluding hydrogens is 286 g/mol. The molecule has 0 aliphatic heterocycles. The minimum absolute atomic E-state index is 0.202. The van der Waals surface area contributed by atoms with E-state index in [2.05, 4.69) is 14.8 Å². The third-order valence-electron chi connectivity index (χ3n) is 2.51. The van der Waals surface area contributed by atoms with Gasteiger partial charge in [0.2, 0.25) is 0 Å². The fraction of sp³-hybridized carbons (Fsp3) is 0.308. The van der Waals surface area contributed by atoms with E-state index in [4.69, 9.17) is 11.6 Å². The Kier molecular flexibility index (Phi) is 5.99. The van der Waals surface area contributed by atoms with E-state index in [-0.39, 0.29) is 17.0 Å². The number of ether oxygens (including phenoxy) is 2. The summed E-state index contributed by atoms with van der Waals surface area (Å²) in [6.45, 7) is 0. The molecule has 1 amide bonds. The first kappa shape index (κ1) is 16.0. The molecule has 1 atom stereocenters. The fourth-order valence-corrected chi connectivity index (χ4v) is 1.69. The van der Waals surface area contributed by atoms with Crippen LogP contribution in [0, 0.1) is 0 Å². The summed E-state index contributed by atoms with van der Waals surface area (Å²) in [6, 6.07) is 5.23. The van der Waals surface area contributed by atoms with Gasteiger partial charge in [-0.3, -0.25) is 9.59 Å². The first-order chi connectivity index (χ1) is 9.49. The number of halogens is 1. The molecule has 0 spiro atoms. The fourth-order valence-electron chi connectivity index (χ4n) is 1.47. The summed E-state index contributed by atoms with van der Waals surface area (Å²) in [5, 5.41) is 2.63. The van der Waals surface area contributed by atoms with Crippen molar-refractivity contribution in [3.05, 3.63) is 34.9 Å². The monoisotopic (exact) mass is 299 g/mol. The number of methoxy groups -OCH3 is 2. The number of carbonyl (C=O) groups excluding carboxylic acids is 3. The topological polar surface area (TPSA) is 81.7 Å². The summed E-state index contributed by atoms with van der Waals surface area (Å²) >= 11 is 5.88. The average molecular weight is 300 g/mol. The summed E-state index contributed by atoms with van der Waals surface area (Å²) in [5.74, 6) is -1.95. The van der Waals surface area contributed by atoms with Gasteiger partial charge in [-0.1, -0.05) is 23.7 Å². The molecule has 1 N–H and O–H groups in total. The summed E-state index contributed by atoms with van der Waals surface area (Å²) in [7, 11) is 2.35. The predicted octanol–water partition coefficient (Wildman–Crippen LogP) is 1.17. The van der Waals surface area contributed by atoms with E-state index in [1.54, 1.807) is 18.2 Å². The zero-order valence-corrected chi connectivity index (χ0v) is 11.8. The molecule has 0 saturated carbocycles. The van der Waals surface area contributed by atoms with Gasteiger partial charge in [0.1, 0.15) is 6.04 Å². The normalized spacial score (nSPS) is 11.3. The van der Waals surface area contributed by atoms with Crippen LogP contribution in [0.25, 0.3) is 0 Å². The van der Waals surface area contributed by atoms with Crippen molar-refractivity contribution in [1.29, 1.82) is 0 Å². The molecule has 1 aromatic rings. The van der Waals surface area contributed by atoms with Gasteiger partial charge in [-0.15, -0.1) is 0 Å². The Hall–Kier alpha value is -2.08. The molecule has 20 heavy (non-hydrogen) atoms. The van der Waals surface area contributed by atoms with Gasteiger partial charge in [-0.2, -0.15) is 0 Å². The third-order valence-corrected chi connectivity index (χ3v) is 2.84. The van der Waals surface area contributed by atoms with Gasteiger partial charge in [0, 0.05) is 0 Å². The molecule has 108 valence electrons. The summed E-state index contributed by atoms with van der Waals surface area (Å²) in [4.78, 5) is 34.8. The van der Waals surface area contributed by atoms with E-state index in [1.165, 1.54) is 13.2 Å². The van der Waals surface area contributed by atoms with Crippen LogP contribution in [0.1, 0.15) is 16.8 Å². The van der Waals surface area contributed by atoms with Crippen molar-refractivity contribution >= 4 is 29.4 Å². The third kappa shape index (κ3) is 4.24. The van der Waals surface area contributed by atoms with Gasteiger partial charge in [0.05, 0.1) is 31.2 Å². The quantitative estimate of drug-likeness (QED) is 0.826. The number of carbonyl (C=O) groups is 3. The Morgan fingerprint density at radius 1 is 1.20 bits per heavy atom. The molecule has 7 heteroatoms. The predicted molar refractivity (Wildman–Crippen MR) is 71.4 cm³/mol. The lowest BCUT2D eigenvalue weighted by atomic mass is 10.1. The molecule has 0 fully saturated rings. The molecule has 6 nitrogen and oxygen atoms in total. The number of esters is 2. The summed E-state index contributed by atoms with van der Waals surface area (Å²) in [6.07, 6.45) is -0.320. The lowest BCUT2D eigenvalue weighted by molar-refractivity contribution is -0.149. The molecule has 0 radical (unpaired) electrons. The highest BCUT2D eigenvalue weighted by molar-refractivity contribution is 6.33. The van der Waals surface area contributed by atoms with Crippen molar-refractivity contribution in [2.75, 3.05) is 14.2 Å². The van der Waals surface area contributed by atoms with Crippen LogP contribution >= 0.6 is 11.6 Å². The average Bonchev–Trinajstić information content (AvgIpc) is 2.45. The van der Waals surface area contributed by atoms with E-state index in [9.17, 15) is 14.4 Å². The Balaban J connectivity index is 2.84. The smallest absolute Gasteiger partial charge is 0.328 e.